The first-order valence-corrected chi connectivity index (χ1v) is 4.61. The van der Waals surface area contributed by atoms with E-state index in [-0.39, 0.29) is 0 Å². The van der Waals surface area contributed by atoms with Crippen molar-refractivity contribution >= 4 is 21.7 Å². The van der Waals surface area contributed by atoms with Crippen LogP contribution in [0, 0.1) is 0 Å². The van der Waals surface area contributed by atoms with Crippen LogP contribution in [0.15, 0.2) is 28.7 Å². The van der Waals surface area contributed by atoms with E-state index in [0.717, 1.165) is 12.1 Å². The average Bonchev–Trinajstić information content (AvgIpc) is 2.17. The van der Waals surface area contributed by atoms with Gasteiger partial charge in [0.2, 0.25) is 5.78 Å². The molecule has 0 atom stereocenters. The van der Waals surface area contributed by atoms with Crippen molar-refractivity contribution in [2.24, 2.45) is 0 Å². The van der Waals surface area contributed by atoms with Crippen molar-refractivity contribution in [1.82, 2.24) is 0 Å². The van der Waals surface area contributed by atoms with Crippen LogP contribution in [-0.2, 0) is 0 Å². The zero-order valence-corrected chi connectivity index (χ0v) is 8.77. The minimum atomic E-state index is -4.63. The van der Waals surface area contributed by atoms with Crippen LogP contribution in [0.3, 0.4) is 0 Å². The molecule has 1 aromatic rings. The van der Waals surface area contributed by atoms with Crippen LogP contribution < -0.4 is 0 Å². The zero-order chi connectivity index (χ0) is 11.6. The molecule has 0 saturated heterocycles. The molecule has 0 N–H and O–H groups in total. The molecule has 0 bridgehead atoms. The lowest BCUT2D eigenvalue weighted by atomic mass is 10.1. The molecule has 0 amide bonds. The molecule has 0 aliphatic heterocycles. The first kappa shape index (κ1) is 12.2. The summed E-state index contributed by atoms with van der Waals surface area (Å²) in [6, 6.07) is 4.77. The Morgan fingerprint density at radius 3 is 2.07 bits per heavy atom. The summed E-state index contributed by atoms with van der Waals surface area (Å²) in [6.07, 6.45) is -3.99. The molecule has 1 aromatic carbocycles. The highest BCUT2D eigenvalue weighted by Crippen LogP contribution is 2.27. The molecule has 0 radical (unpaired) electrons. The highest BCUT2D eigenvalue weighted by Gasteiger charge is 2.48. The molecule has 0 heterocycles. The lowest BCUT2D eigenvalue weighted by Crippen LogP contribution is -2.36. The molecule has 1 rings (SSSR count). The van der Waals surface area contributed by atoms with Crippen molar-refractivity contribution < 1.29 is 22.4 Å². The Bertz CT molecular complexity index is 361. The van der Waals surface area contributed by atoms with Gasteiger partial charge in [-0.3, -0.25) is 4.79 Å². The molecule has 15 heavy (non-hydrogen) atoms. The maximum Gasteiger partial charge on any atom is 0.368 e. The average molecular weight is 285 g/mol. The highest BCUT2D eigenvalue weighted by molar-refractivity contribution is 9.10. The normalized spacial score (nSPS) is 11.9. The summed E-state index contributed by atoms with van der Waals surface area (Å²) in [7, 11) is 0. The van der Waals surface area contributed by atoms with E-state index in [9.17, 15) is 22.4 Å². The van der Waals surface area contributed by atoms with Gasteiger partial charge in [0, 0.05) is 10.0 Å². The number of carbonyl (C=O) groups is 1. The molecular weight excluding hydrogens is 280 g/mol. The second kappa shape index (κ2) is 4.30. The van der Waals surface area contributed by atoms with Crippen LogP contribution in [0.1, 0.15) is 10.4 Å². The Morgan fingerprint density at radius 1 is 1.20 bits per heavy atom. The van der Waals surface area contributed by atoms with Gasteiger partial charge in [-0.05, 0) is 12.1 Å². The fourth-order valence-corrected chi connectivity index (χ4v) is 1.16. The number of carbonyl (C=O) groups excluding carboxylic acids is 1. The van der Waals surface area contributed by atoms with Gasteiger partial charge in [-0.25, -0.2) is 8.78 Å². The number of alkyl halides is 4. The molecular formula is C9H5BrF4O. The summed E-state index contributed by atoms with van der Waals surface area (Å²) in [6.45, 7) is 0. The van der Waals surface area contributed by atoms with E-state index in [1.54, 1.807) is 0 Å². The quantitative estimate of drug-likeness (QED) is 0.613. The fourth-order valence-electron chi connectivity index (χ4n) is 0.893. The Hall–Kier alpha value is -0.910. The Kier molecular flexibility index (Phi) is 3.49. The van der Waals surface area contributed by atoms with Crippen LogP contribution >= 0.6 is 15.9 Å². The van der Waals surface area contributed by atoms with Crippen molar-refractivity contribution in [3.05, 3.63) is 34.3 Å². The smallest absolute Gasteiger partial charge is 0.287 e. The highest BCUT2D eigenvalue weighted by atomic mass is 79.9. The lowest BCUT2D eigenvalue weighted by molar-refractivity contribution is -0.0958. The third-order valence-corrected chi connectivity index (χ3v) is 2.21. The van der Waals surface area contributed by atoms with E-state index in [2.05, 4.69) is 15.9 Å². The number of hydrogen-bond donors (Lipinski definition) is 0. The molecule has 0 aliphatic carbocycles. The van der Waals surface area contributed by atoms with Gasteiger partial charge in [-0.1, -0.05) is 28.1 Å². The third kappa shape index (κ3) is 2.56. The van der Waals surface area contributed by atoms with E-state index in [0.29, 0.717) is 4.47 Å². The van der Waals surface area contributed by atoms with Crippen molar-refractivity contribution in [3.63, 3.8) is 0 Å². The van der Waals surface area contributed by atoms with Gasteiger partial charge in [0.1, 0.15) is 0 Å². The van der Waals surface area contributed by atoms with Crippen molar-refractivity contribution in [1.29, 1.82) is 0 Å². The van der Waals surface area contributed by atoms with E-state index in [1.807, 2.05) is 0 Å². The summed E-state index contributed by atoms with van der Waals surface area (Å²) in [5, 5.41) is 0. The Balaban J connectivity index is 3.00. The van der Waals surface area contributed by atoms with Gasteiger partial charge in [-0.2, -0.15) is 8.78 Å². The maximum absolute atomic E-state index is 12.6. The van der Waals surface area contributed by atoms with Crippen LogP contribution in [0.5, 0.6) is 0 Å². The fraction of sp³-hybridized carbons (Fsp3) is 0.222. The van der Waals surface area contributed by atoms with Crippen LogP contribution in [0.2, 0.25) is 0 Å². The molecule has 82 valence electrons. The monoisotopic (exact) mass is 284 g/mol. The van der Waals surface area contributed by atoms with Crippen LogP contribution in [0.25, 0.3) is 0 Å². The third-order valence-electron chi connectivity index (χ3n) is 1.68. The van der Waals surface area contributed by atoms with Crippen molar-refractivity contribution in [2.45, 2.75) is 12.3 Å². The summed E-state index contributed by atoms with van der Waals surface area (Å²) in [5.41, 5.74) is -0.441. The summed E-state index contributed by atoms with van der Waals surface area (Å²) in [4.78, 5) is 11.0. The summed E-state index contributed by atoms with van der Waals surface area (Å²) >= 11 is 3.03. The number of Topliss-reactive ketones (excluding diaryl/α,β-unsaturated/α-hetero) is 1. The first-order chi connectivity index (χ1) is 6.85. The molecule has 0 aromatic heterocycles. The molecule has 0 spiro atoms. The standard InChI is InChI=1S/C9H5BrF4O/c10-6-3-1-5(2-4-6)7(15)9(13,14)8(11)12/h1-4,8H. The number of ketones is 1. The van der Waals surface area contributed by atoms with E-state index in [1.165, 1.54) is 12.1 Å². The number of halogens is 5. The predicted octanol–water partition coefficient (Wildman–Crippen LogP) is 3.53. The summed E-state index contributed by atoms with van der Waals surface area (Å²) < 4.78 is 49.5. The Morgan fingerprint density at radius 2 is 1.67 bits per heavy atom. The van der Waals surface area contributed by atoms with E-state index in [4.69, 9.17) is 0 Å². The summed E-state index contributed by atoms with van der Waals surface area (Å²) in [5.74, 6) is -6.50. The molecule has 0 aliphatic rings. The van der Waals surface area contributed by atoms with E-state index < -0.39 is 23.7 Å². The molecule has 0 unspecified atom stereocenters. The second-order valence-corrected chi connectivity index (χ2v) is 3.68. The Labute approximate surface area is 91.2 Å². The molecule has 0 fully saturated rings. The van der Waals surface area contributed by atoms with Gasteiger partial charge in [0.25, 0.3) is 0 Å². The molecule has 0 saturated carbocycles. The van der Waals surface area contributed by atoms with Crippen molar-refractivity contribution in [3.8, 4) is 0 Å². The number of benzene rings is 1. The minimum absolute atomic E-state index is 0.441. The number of rotatable bonds is 3. The second-order valence-electron chi connectivity index (χ2n) is 2.76. The van der Waals surface area contributed by atoms with Crippen molar-refractivity contribution in [2.75, 3.05) is 0 Å². The topological polar surface area (TPSA) is 17.1 Å². The largest absolute Gasteiger partial charge is 0.368 e. The van der Waals surface area contributed by atoms with E-state index >= 15 is 0 Å². The lowest BCUT2D eigenvalue weighted by Gasteiger charge is -2.13. The maximum atomic E-state index is 12.6. The molecule has 1 nitrogen and oxygen atoms in total. The van der Waals surface area contributed by atoms with Gasteiger partial charge in [-0.15, -0.1) is 0 Å². The van der Waals surface area contributed by atoms with Crippen LogP contribution in [0.4, 0.5) is 17.6 Å². The molecule has 6 heteroatoms. The number of hydrogen-bond acceptors (Lipinski definition) is 1. The van der Waals surface area contributed by atoms with Gasteiger partial charge >= 0.3 is 12.3 Å². The first-order valence-electron chi connectivity index (χ1n) is 3.82. The minimum Gasteiger partial charge on any atom is -0.287 e. The predicted molar refractivity (Wildman–Crippen MR) is 49.4 cm³/mol. The van der Waals surface area contributed by atoms with Gasteiger partial charge in [0.15, 0.2) is 0 Å². The van der Waals surface area contributed by atoms with Gasteiger partial charge in [0.05, 0.1) is 0 Å². The van der Waals surface area contributed by atoms with Gasteiger partial charge < -0.3 is 0 Å². The SMILES string of the molecule is O=C(c1ccc(Br)cc1)C(F)(F)C(F)F. The van der Waals surface area contributed by atoms with Crippen LogP contribution in [-0.4, -0.2) is 18.1 Å². The zero-order valence-electron chi connectivity index (χ0n) is 7.18.